The first kappa shape index (κ1) is 14.7. The van der Waals surface area contributed by atoms with Gasteiger partial charge in [-0.1, -0.05) is 0 Å². The number of nitrogens with one attached hydrogen (secondary N) is 2. The largest absolute Gasteiger partial charge is 0.508 e. The van der Waals surface area contributed by atoms with Gasteiger partial charge in [0.05, 0.1) is 0 Å². The molecule has 0 bridgehead atoms. The Balaban J connectivity index is 1.66. The number of amides is 1. The van der Waals surface area contributed by atoms with Gasteiger partial charge in [-0.2, -0.15) is 0 Å². The van der Waals surface area contributed by atoms with Crippen LogP contribution < -0.4 is 10.7 Å². The Kier molecular flexibility index (Phi) is 3.76. The first-order valence-electron chi connectivity index (χ1n) is 6.93. The molecule has 1 amide bonds. The molecule has 7 heteroatoms. The number of H-pyrrole nitrogens is 1. The Bertz CT molecular complexity index is 926. The van der Waals surface area contributed by atoms with Crippen molar-refractivity contribution in [1.82, 2.24) is 10.3 Å². The van der Waals surface area contributed by atoms with Gasteiger partial charge in [-0.15, -0.1) is 0 Å². The van der Waals surface area contributed by atoms with Gasteiger partial charge in [-0.25, -0.2) is 0 Å². The molecule has 0 fully saturated rings. The van der Waals surface area contributed by atoms with Crippen LogP contribution in [0.3, 0.4) is 0 Å². The monoisotopic (exact) mass is 314 g/mol. The maximum absolute atomic E-state index is 11.9. The third-order valence-electron chi connectivity index (χ3n) is 3.47. The summed E-state index contributed by atoms with van der Waals surface area (Å²) in [6, 6.07) is 5.96. The van der Waals surface area contributed by atoms with Crippen molar-refractivity contribution in [2.24, 2.45) is 0 Å². The van der Waals surface area contributed by atoms with Crippen LogP contribution in [0.5, 0.6) is 11.5 Å². The first-order chi connectivity index (χ1) is 11.0. The second-order valence-corrected chi connectivity index (χ2v) is 5.04. The number of hydrogen-bond donors (Lipinski definition) is 4. The molecule has 0 aliphatic heterocycles. The van der Waals surface area contributed by atoms with E-state index in [1.54, 1.807) is 18.2 Å². The van der Waals surface area contributed by atoms with Crippen LogP contribution in [0.2, 0.25) is 0 Å². The number of benzene rings is 1. The van der Waals surface area contributed by atoms with Gasteiger partial charge in [-0.05, 0) is 30.2 Å². The normalized spacial score (nSPS) is 10.8. The molecule has 3 aromatic rings. The SMILES string of the molecule is O=C(NCCc1c[nH]c2ccc(O)cc12)c1cc(=O)c(O)co1. The molecule has 2 heterocycles. The van der Waals surface area contributed by atoms with Crippen molar-refractivity contribution in [3.05, 3.63) is 58.3 Å². The third kappa shape index (κ3) is 3.03. The number of aromatic hydroxyl groups is 2. The molecule has 2 aromatic heterocycles. The Morgan fingerprint density at radius 2 is 2.09 bits per heavy atom. The summed E-state index contributed by atoms with van der Waals surface area (Å²) in [6.45, 7) is 0.325. The molecule has 4 N–H and O–H groups in total. The fourth-order valence-corrected chi connectivity index (χ4v) is 2.29. The van der Waals surface area contributed by atoms with Crippen molar-refractivity contribution in [3.63, 3.8) is 0 Å². The highest BCUT2D eigenvalue weighted by atomic mass is 16.4. The second-order valence-electron chi connectivity index (χ2n) is 5.04. The minimum atomic E-state index is -0.673. The molecule has 0 aliphatic rings. The molecule has 23 heavy (non-hydrogen) atoms. The number of aromatic nitrogens is 1. The van der Waals surface area contributed by atoms with E-state index in [0.29, 0.717) is 13.0 Å². The number of carbonyl (C=O) groups excluding carboxylic acids is 1. The van der Waals surface area contributed by atoms with E-state index in [1.165, 1.54) is 0 Å². The summed E-state index contributed by atoms with van der Waals surface area (Å²) < 4.78 is 4.87. The van der Waals surface area contributed by atoms with Gasteiger partial charge >= 0.3 is 0 Å². The molecule has 0 spiro atoms. The van der Waals surface area contributed by atoms with E-state index in [-0.39, 0.29) is 11.5 Å². The standard InChI is InChI=1S/C16H14N2O5/c19-10-1-2-12-11(5-10)9(7-18-12)3-4-17-16(22)15-6-13(20)14(21)8-23-15/h1-2,5-8,18-19,21H,3-4H2,(H,17,22). The lowest BCUT2D eigenvalue weighted by Gasteiger charge is -2.04. The summed E-state index contributed by atoms with van der Waals surface area (Å²) in [4.78, 5) is 26.2. The number of rotatable bonds is 4. The first-order valence-corrected chi connectivity index (χ1v) is 6.93. The van der Waals surface area contributed by atoms with Crippen molar-refractivity contribution < 1.29 is 19.4 Å². The molecule has 1 aromatic carbocycles. The van der Waals surface area contributed by atoms with Crippen LogP contribution in [0.25, 0.3) is 10.9 Å². The van der Waals surface area contributed by atoms with Crippen molar-refractivity contribution >= 4 is 16.8 Å². The van der Waals surface area contributed by atoms with Crippen LogP contribution in [0.1, 0.15) is 16.1 Å². The molecule has 3 rings (SSSR count). The highest BCUT2D eigenvalue weighted by Crippen LogP contribution is 2.23. The van der Waals surface area contributed by atoms with Crippen LogP contribution in [-0.2, 0) is 6.42 Å². The average Bonchev–Trinajstić information content (AvgIpc) is 2.92. The molecule has 7 nitrogen and oxygen atoms in total. The van der Waals surface area contributed by atoms with E-state index in [2.05, 4.69) is 10.3 Å². The lowest BCUT2D eigenvalue weighted by atomic mass is 10.1. The van der Waals surface area contributed by atoms with E-state index in [0.717, 1.165) is 28.8 Å². The number of aromatic amines is 1. The van der Waals surface area contributed by atoms with Crippen LogP contribution >= 0.6 is 0 Å². The van der Waals surface area contributed by atoms with Gasteiger partial charge in [0.25, 0.3) is 5.91 Å². The zero-order valence-corrected chi connectivity index (χ0v) is 12.0. The maximum Gasteiger partial charge on any atom is 0.287 e. The Labute approximate surface area is 130 Å². The van der Waals surface area contributed by atoms with Gasteiger partial charge in [0.2, 0.25) is 5.43 Å². The summed E-state index contributed by atoms with van der Waals surface area (Å²) in [6.07, 6.45) is 3.19. The number of phenolic OH excluding ortho intramolecular Hbond substituents is 1. The molecule has 0 saturated carbocycles. The van der Waals surface area contributed by atoms with E-state index in [9.17, 15) is 14.7 Å². The van der Waals surface area contributed by atoms with Crippen LogP contribution in [0.15, 0.2) is 45.9 Å². The van der Waals surface area contributed by atoms with Crippen molar-refractivity contribution in [2.75, 3.05) is 6.54 Å². The van der Waals surface area contributed by atoms with Crippen molar-refractivity contribution in [2.45, 2.75) is 6.42 Å². The van der Waals surface area contributed by atoms with Gasteiger partial charge in [0.1, 0.15) is 12.0 Å². The summed E-state index contributed by atoms with van der Waals surface area (Å²) in [5.74, 6) is -1.07. The van der Waals surface area contributed by atoms with Crippen LogP contribution in [-0.4, -0.2) is 27.6 Å². The molecule has 0 aliphatic carbocycles. The Morgan fingerprint density at radius 1 is 1.26 bits per heavy atom. The van der Waals surface area contributed by atoms with Crippen molar-refractivity contribution in [1.29, 1.82) is 0 Å². The zero-order chi connectivity index (χ0) is 16.4. The Hall–Kier alpha value is -3.22. The van der Waals surface area contributed by atoms with Gasteiger partial charge in [-0.3, -0.25) is 9.59 Å². The fourth-order valence-electron chi connectivity index (χ4n) is 2.29. The highest BCUT2D eigenvalue weighted by Gasteiger charge is 2.11. The lowest BCUT2D eigenvalue weighted by Crippen LogP contribution is -2.26. The molecular formula is C16H14N2O5. The molecule has 0 radical (unpaired) electrons. The predicted molar refractivity (Wildman–Crippen MR) is 82.6 cm³/mol. The summed E-state index contributed by atoms with van der Waals surface area (Å²) in [7, 11) is 0. The molecular weight excluding hydrogens is 300 g/mol. The maximum atomic E-state index is 11.9. The van der Waals surface area contributed by atoms with Crippen LogP contribution in [0.4, 0.5) is 0 Å². The van der Waals surface area contributed by atoms with Gasteiger partial charge in [0, 0.05) is 29.7 Å². The Morgan fingerprint density at radius 3 is 2.87 bits per heavy atom. The van der Waals surface area contributed by atoms with E-state index < -0.39 is 17.1 Å². The number of carbonyl (C=O) groups is 1. The molecule has 118 valence electrons. The molecule has 0 atom stereocenters. The number of fused-ring (bicyclic) bond motifs is 1. The summed E-state index contributed by atoms with van der Waals surface area (Å²) in [5, 5.41) is 22.1. The molecule has 0 unspecified atom stereocenters. The van der Waals surface area contributed by atoms with Gasteiger partial charge < -0.3 is 24.9 Å². The summed E-state index contributed by atoms with van der Waals surface area (Å²) >= 11 is 0. The zero-order valence-electron chi connectivity index (χ0n) is 12.0. The van der Waals surface area contributed by atoms with Gasteiger partial charge in [0.15, 0.2) is 11.5 Å². The minimum Gasteiger partial charge on any atom is -0.508 e. The highest BCUT2D eigenvalue weighted by molar-refractivity contribution is 5.91. The summed E-state index contributed by atoms with van der Waals surface area (Å²) in [5.41, 5.74) is 1.17. The number of hydrogen-bond acceptors (Lipinski definition) is 5. The third-order valence-corrected chi connectivity index (χ3v) is 3.47. The minimum absolute atomic E-state index is 0.163. The average molecular weight is 314 g/mol. The predicted octanol–water partition coefficient (Wildman–Crippen LogP) is 1.50. The van der Waals surface area contributed by atoms with E-state index in [4.69, 9.17) is 9.52 Å². The molecule has 0 saturated heterocycles. The van der Waals surface area contributed by atoms with E-state index in [1.807, 2.05) is 6.20 Å². The van der Waals surface area contributed by atoms with Crippen LogP contribution in [0, 0.1) is 0 Å². The van der Waals surface area contributed by atoms with E-state index >= 15 is 0 Å². The lowest BCUT2D eigenvalue weighted by molar-refractivity contribution is 0.0923. The quantitative estimate of drug-likeness (QED) is 0.582. The topological polar surface area (TPSA) is 116 Å². The van der Waals surface area contributed by atoms with Crippen molar-refractivity contribution in [3.8, 4) is 11.5 Å². The fraction of sp³-hybridized carbons (Fsp3) is 0.125. The smallest absolute Gasteiger partial charge is 0.287 e. The number of phenols is 1. The second kappa shape index (κ2) is 5.88.